The molecule has 1 fully saturated rings. The summed E-state index contributed by atoms with van der Waals surface area (Å²) >= 11 is 1.17. The first-order valence-corrected chi connectivity index (χ1v) is 11.9. The van der Waals surface area contributed by atoms with Gasteiger partial charge in [-0.2, -0.15) is 0 Å². The second kappa shape index (κ2) is 10.4. The predicted octanol–water partition coefficient (Wildman–Crippen LogP) is 3.35. The maximum atomic E-state index is 13.5. The van der Waals surface area contributed by atoms with Gasteiger partial charge in [-0.3, -0.25) is 19.3 Å². The molecule has 0 bridgehead atoms. The Balaban J connectivity index is 1.57. The van der Waals surface area contributed by atoms with Crippen LogP contribution in [0, 0.1) is 17.8 Å². The van der Waals surface area contributed by atoms with Gasteiger partial charge in [-0.15, -0.1) is 10.2 Å². The van der Waals surface area contributed by atoms with E-state index < -0.39 is 23.9 Å². The van der Waals surface area contributed by atoms with Gasteiger partial charge in [-0.05, 0) is 36.5 Å². The molecule has 2 N–H and O–H groups in total. The van der Waals surface area contributed by atoms with Crippen molar-refractivity contribution in [3.05, 3.63) is 69.7 Å². The fourth-order valence-corrected chi connectivity index (χ4v) is 4.07. The molecule has 10 nitrogen and oxygen atoms in total. The average Bonchev–Trinajstić information content (AvgIpc) is 3.64. The summed E-state index contributed by atoms with van der Waals surface area (Å²) in [5, 5.41) is 22.8. The number of pyridine rings is 2. The lowest BCUT2D eigenvalue weighted by atomic mass is 9.99. The van der Waals surface area contributed by atoms with Gasteiger partial charge in [0, 0.05) is 35.6 Å². The van der Waals surface area contributed by atoms with Gasteiger partial charge in [0.2, 0.25) is 5.13 Å². The number of hydrogen-bond donors (Lipinski definition) is 2. The predicted molar refractivity (Wildman–Crippen MR) is 130 cm³/mol. The van der Waals surface area contributed by atoms with Gasteiger partial charge in [0.15, 0.2) is 11.2 Å². The zero-order chi connectivity index (χ0) is 25.9. The number of aliphatic hydroxyl groups is 1. The number of ether oxygens (including phenoxy) is 1. The summed E-state index contributed by atoms with van der Waals surface area (Å²) in [5.41, 5.74) is -0.199. The summed E-state index contributed by atoms with van der Waals surface area (Å²) in [5.74, 6) is 6.84. The summed E-state index contributed by atoms with van der Waals surface area (Å²) in [6, 6.07) is 2.66. The highest BCUT2D eigenvalue weighted by atomic mass is 32.1. The topological polar surface area (TPSA) is 128 Å². The van der Waals surface area contributed by atoms with Crippen LogP contribution in [0.5, 0.6) is 5.75 Å². The Morgan fingerprint density at radius 2 is 2.03 bits per heavy atom. The number of anilines is 1. The first kappa shape index (κ1) is 24.4. The SMILES string of the molecule is COc1cnc(C(F)F)cc1-c1cc(-n2ccncc2=O)ncc1C(O)Nc1nnc(C#CC2CC2)s1. The van der Waals surface area contributed by atoms with Crippen molar-refractivity contribution < 1.29 is 18.6 Å². The molecule has 0 radical (unpaired) electrons. The fourth-order valence-electron chi connectivity index (χ4n) is 3.44. The fraction of sp³-hybridized carbons (Fsp3) is 0.250. The average molecular weight is 524 g/mol. The number of aromatic nitrogens is 6. The minimum Gasteiger partial charge on any atom is -0.494 e. The number of methoxy groups -OCH3 is 1. The quantitative estimate of drug-likeness (QED) is 0.277. The minimum atomic E-state index is -2.84. The Hall–Kier alpha value is -4.28. The summed E-state index contributed by atoms with van der Waals surface area (Å²) in [6.45, 7) is 0. The van der Waals surface area contributed by atoms with Crippen molar-refractivity contribution in [1.82, 2.24) is 29.7 Å². The van der Waals surface area contributed by atoms with E-state index in [0.717, 1.165) is 19.0 Å². The number of nitrogens with one attached hydrogen (secondary N) is 1. The van der Waals surface area contributed by atoms with Gasteiger partial charge >= 0.3 is 0 Å². The van der Waals surface area contributed by atoms with Crippen molar-refractivity contribution in [2.75, 3.05) is 12.4 Å². The van der Waals surface area contributed by atoms with Crippen LogP contribution in [-0.2, 0) is 0 Å². The van der Waals surface area contributed by atoms with E-state index in [-0.39, 0.29) is 28.3 Å². The molecule has 4 heterocycles. The highest BCUT2D eigenvalue weighted by molar-refractivity contribution is 7.15. The highest BCUT2D eigenvalue weighted by Crippen LogP contribution is 2.37. The normalized spacial score (nSPS) is 13.6. The van der Waals surface area contributed by atoms with Crippen LogP contribution in [0.4, 0.5) is 13.9 Å². The Morgan fingerprint density at radius 1 is 1.19 bits per heavy atom. The van der Waals surface area contributed by atoms with E-state index in [1.807, 2.05) is 0 Å². The first-order chi connectivity index (χ1) is 17.9. The molecule has 1 saturated carbocycles. The van der Waals surface area contributed by atoms with Gasteiger partial charge in [0.25, 0.3) is 12.0 Å². The zero-order valence-electron chi connectivity index (χ0n) is 19.3. The van der Waals surface area contributed by atoms with Gasteiger partial charge in [0.1, 0.15) is 17.3 Å². The third kappa shape index (κ3) is 5.45. The molecule has 0 spiro atoms. The van der Waals surface area contributed by atoms with E-state index in [9.17, 15) is 18.7 Å². The van der Waals surface area contributed by atoms with Crippen LogP contribution < -0.4 is 15.6 Å². The van der Waals surface area contributed by atoms with Crippen molar-refractivity contribution >= 4 is 16.5 Å². The molecular weight excluding hydrogens is 504 g/mol. The third-order valence-electron chi connectivity index (χ3n) is 5.45. The molecule has 1 aliphatic rings. The Bertz CT molecular complexity index is 1560. The molecule has 1 aliphatic carbocycles. The standard InChI is InChI=1S/C24H19F2N7O3S/c1-36-18-11-28-17(22(25)26)8-15(18)14-9-19(33-7-6-27-12-21(33)34)29-10-16(14)23(35)30-24-32-31-20(37-24)5-4-13-2-3-13/h6-13,22-23,35H,2-3H2,1H3,(H,30,32). The lowest BCUT2D eigenvalue weighted by Gasteiger charge is -2.19. The van der Waals surface area contributed by atoms with Crippen molar-refractivity contribution in [3.63, 3.8) is 0 Å². The maximum Gasteiger partial charge on any atom is 0.280 e. The van der Waals surface area contributed by atoms with E-state index in [4.69, 9.17) is 4.74 Å². The van der Waals surface area contributed by atoms with Gasteiger partial charge < -0.3 is 15.2 Å². The van der Waals surface area contributed by atoms with Crippen LogP contribution in [0.2, 0.25) is 0 Å². The van der Waals surface area contributed by atoms with Crippen LogP contribution in [0.15, 0.2) is 47.9 Å². The summed E-state index contributed by atoms with van der Waals surface area (Å²) < 4.78 is 33.6. The lowest BCUT2D eigenvalue weighted by molar-refractivity contribution is 0.146. The number of nitrogens with zero attached hydrogens (tertiary/aromatic N) is 6. The van der Waals surface area contributed by atoms with Gasteiger partial charge in [0.05, 0.1) is 19.5 Å². The van der Waals surface area contributed by atoms with Crippen molar-refractivity contribution in [2.45, 2.75) is 25.5 Å². The summed E-state index contributed by atoms with van der Waals surface area (Å²) in [6.07, 6.45) is 4.43. The number of halogens is 2. The van der Waals surface area contributed by atoms with E-state index in [0.29, 0.717) is 16.1 Å². The second-order valence-electron chi connectivity index (χ2n) is 8.03. The van der Waals surface area contributed by atoms with Gasteiger partial charge in [-0.1, -0.05) is 17.3 Å². The van der Waals surface area contributed by atoms with E-state index in [2.05, 4.69) is 42.3 Å². The molecule has 0 aliphatic heterocycles. The van der Waals surface area contributed by atoms with Gasteiger partial charge in [-0.25, -0.2) is 13.8 Å². The molecule has 0 aromatic carbocycles. The van der Waals surface area contributed by atoms with E-state index >= 15 is 0 Å². The molecule has 0 saturated heterocycles. The molecule has 1 atom stereocenters. The third-order valence-corrected chi connectivity index (χ3v) is 6.22. The number of rotatable bonds is 7. The largest absolute Gasteiger partial charge is 0.494 e. The van der Waals surface area contributed by atoms with Crippen LogP contribution in [0.3, 0.4) is 0 Å². The molecule has 5 rings (SSSR count). The zero-order valence-corrected chi connectivity index (χ0v) is 20.1. The van der Waals surface area contributed by atoms with Crippen molar-refractivity contribution in [3.8, 4) is 34.5 Å². The number of alkyl halides is 2. The number of hydrogen-bond acceptors (Lipinski definition) is 10. The summed E-state index contributed by atoms with van der Waals surface area (Å²) in [4.78, 5) is 24.2. The first-order valence-electron chi connectivity index (χ1n) is 11.1. The molecule has 4 aromatic heterocycles. The van der Waals surface area contributed by atoms with Crippen LogP contribution in [-0.4, -0.2) is 41.9 Å². The Kier molecular flexibility index (Phi) is 6.85. The molecular formula is C24H19F2N7O3S. The van der Waals surface area contributed by atoms with Crippen molar-refractivity contribution in [1.29, 1.82) is 0 Å². The molecule has 1 unspecified atom stereocenters. The number of aliphatic hydroxyl groups excluding tert-OH is 1. The van der Waals surface area contributed by atoms with Crippen molar-refractivity contribution in [2.24, 2.45) is 5.92 Å². The molecule has 37 heavy (non-hydrogen) atoms. The molecule has 4 aromatic rings. The minimum absolute atomic E-state index is 0.185. The maximum absolute atomic E-state index is 13.5. The smallest absolute Gasteiger partial charge is 0.280 e. The molecule has 0 amide bonds. The lowest BCUT2D eigenvalue weighted by Crippen LogP contribution is -2.19. The van der Waals surface area contributed by atoms with E-state index in [1.54, 1.807) is 0 Å². The molecule has 13 heteroatoms. The Labute approximate surface area is 213 Å². The Morgan fingerprint density at radius 3 is 2.76 bits per heavy atom. The monoisotopic (exact) mass is 523 g/mol. The molecule has 188 valence electrons. The van der Waals surface area contributed by atoms with Crippen LogP contribution in [0.1, 0.15) is 41.8 Å². The van der Waals surface area contributed by atoms with E-state index in [1.165, 1.54) is 59.9 Å². The summed E-state index contributed by atoms with van der Waals surface area (Å²) in [7, 11) is 1.37. The van der Waals surface area contributed by atoms with Crippen LogP contribution >= 0.6 is 11.3 Å². The second-order valence-corrected chi connectivity index (χ2v) is 9.00. The van der Waals surface area contributed by atoms with Crippen LogP contribution in [0.25, 0.3) is 16.9 Å². The highest BCUT2D eigenvalue weighted by Gasteiger charge is 2.22.